The van der Waals surface area contributed by atoms with Gasteiger partial charge < -0.3 is 5.11 Å². The van der Waals surface area contributed by atoms with Gasteiger partial charge in [-0.2, -0.15) is 4.31 Å². The number of carboxylic acid groups (broad SMARTS) is 1. The summed E-state index contributed by atoms with van der Waals surface area (Å²) < 4.78 is 26.9. The largest absolute Gasteiger partial charge is 0.481 e. The zero-order chi connectivity index (χ0) is 15.6. The first-order chi connectivity index (χ1) is 9.80. The molecule has 1 saturated carbocycles. The molecule has 1 fully saturated rings. The van der Waals surface area contributed by atoms with E-state index in [1.807, 2.05) is 13.8 Å². The number of benzene rings is 1. The SMILES string of the molecule is CC(C)N(CC1CC1)S(=O)(=O)c1ccc(CC(=O)O)cc1. The molecule has 0 heterocycles. The second-order valence-electron chi connectivity index (χ2n) is 5.83. The van der Waals surface area contributed by atoms with Crippen molar-refractivity contribution in [2.45, 2.75) is 44.0 Å². The first-order valence-corrected chi connectivity index (χ1v) is 8.57. The Morgan fingerprint density at radius 1 is 1.29 bits per heavy atom. The lowest BCUT2D eigenvalue weighted by molar-refractivity contribution is -0.136. The Hall–Kier alpha value is -1.40. The van der Waals surface area contributed by atoms with E-state index in [0.717, 1.165) is 12.8 Å². The van der Waals surface area contributed by atoms with Crippen molar-refractivity contribution < 1.29 is 18.3 Å². The normalized spacial score (nSPS) is 15.6. The number of rotatable bonds is 7. The lowest BCUT2D eigenvalue weighted by Gasteiger charge is -2.26. The van der Waals surface area contributed by atoms with Crippen molar-refractivity contribution in [3.8, 4) is 0 Å². The molecule has 0 bridgehead atoms. The predicted octanol–water partition coefficient (Wildman–Crippen LogP) is 2.12. The first-order valence-electron chi connectivity index (χ1n) is 7.13. The van der Waals surface area contributed by atoms with E-state index in [-0.39, 0.29) is 17.4 Å². The van der Waals surface area contributed by atoms with E-state index in [0.29, 0.717) is 18.0 Å². The number of aliphatic carboxylic acids is 1. The number of sulfonamides is 1. The molecule has 0 spiro atoms. The molecule has 0 atom stereocenters. The molecule has 0 unspecified atom stereocenters. The molecule has 0 saturated heterocycles. The smallest absolute Gasteiger partial charge is 0.307 e. The third-order valence-electron chi connectivity index (χ3n) is 3.60. The number of carbonyl (C=O) groups is 1. The van der Waals surface area contributed by atoms with Gasteiger partial charge >= 0.3 is 5.97 Å². The van der Waals surface area contributed by atoms with Crippen LogP contribution in [0.4, 0.5) is 0 Å². The summed E-state index contributed by atoms with van der Waals surface area (Å²) in [6.07, 6.45) is 2.09. The van der Waals surface area contributed by atoms with Crippen LogP contribution in [0.3, 0.4) is 0 Å². The maximum absolute atomic E-state index is 12.7. The first kappa shape index (κ1) is 16.0. The van der Waals surface area contributed by atoms with Crippen molar-refractivity contribution in [3.63, 3.8) is 0 Å². The van der Waals surface area contributed by atoms with Gasteiger partial charge in [0.2, 0.25) is 10.0 Å². The lowest BCUT2D eigenvalue weighted by atomic mass is 10.2. The van der Waals surface area contributed by atoms with Crippen LogP contribution in [0.1, 0.15) is 32.3 Å². The summed E-state index contributed by atoms with van der Waals surface area (Å²) in [7, 11) is -3.51. The van der Waals surface area contributed by atoms with Gasteiger partial charge in [-0.15, -0.1) is 0 Å². The van der Waals surface area contributed by atoms with Crippen LogP contribution < -0.4 is 0 Å². The molecule has 0 radical (unpaired) electrons. The molecule has 1 aliphatic rings. The van der Waals surface area contributed by atoms with Gasteiger partial charge in [0.05, 0.1) is 11.3 Å². The van der Waals surface area contributed by atoms with Crippen molar-refractivity contribution in [3.05, 3.63) is 29.8 Å². The van der Waals surface area contributed by atoms with E-state index in [4.69, 9.17) is 5.11 Å². The van der Waals surface area contributed by atoms with Crippen molar-refractivity contribution in [2.75, 3.05) is 6.54 Å². The summed E-state index contributed by atoms with van der Waals surface area (Å²) in [5, 5.41) is 8.74. The van der Waals surface area contributed by atoms with Gasteiger partial charge in [-0.3, -0.25) is 4.79 Å². The van der Waals surface area contributed by atoms with Crippen molar-refractivity contribution in [1.29, 1.82) is 0 Å². The standard InChI is InChI=1S/C15H21NO4S/c1-11(2)16(10-13-3-4-13)21(19,20)14-7-5-12(6-8-14)9-15(17)18/h5-8,11,13H,3-4,9-10H2,1-2H3,(H,17,18). The molecule has 0 aromatic heterocycles. The van der Waals surface area contributed by atoms with Crippen molar-refractivity contribution >= 4 is 16.0 Å². The number of nitrogens with zero attached hydrogens (tertiary/aromatic N) is 1. The monoisotopic (exact) mass is 311 g/mol. The molecular formula is C15H21NO4S. The molecule has 1 aliphatic carbocycles. The molecule has 1 N–H and O–H groups in total. The molecule has 1 aromatic rings. The number of hydrogen-bond acceptors (Lipinski definition) is 3. The molecule has 0 amide bonds. The van der Waals surface area contributed by atoms with Gasteiger partial charge in [0.25, 0.3) is 0 Å². The van der Waals surface area contributed by atoms with E-state index in [1.165, 1.54) is 16.4 Å². The summed E-state index contributed by atoms with van der Waals surface area (Å²) in [6.45, 7) is 4.31. The molecule has 6 heteroatoms. The van der Waals surface area contributed by atoms with Crippen LogP contribution in [0.2, 0.25) is 0 Å². The van der Waals surface area contributed by atoms with Gasteiger partial charge in [0.15, 0.2) is 0 Å². The summed E-state index contributed by atoms with van der Waals surface area (Å²) in [5.41, 5.74) is 0.597. The van der Waals surface area contributed by atoms with Crippen LogP contribution >= 0.6 is 0 Å². The minimum Gasteiger partial charge on any atom is -0.481 e. The molecule has 2 rings (SSSR count). The second kappa shape index (κ2) is 6.15. The summed E-state index contributed by atoms with van der Waals surface area (Å²) in [4.78, 5) is 10.9. The van der Waals surface area contributed by atoms with Crippen molar-refractivity contribution in [1.82, 2.24) is 4.31 Å². The second-order valence-corrected chi connectivity index (χ2v) is 7.72. The highest BCUT2D eigenvalue weighted by Crippen LogP contribution is 2.32. The third kappa shape index (κ3) is 4.04. The highest BCUT2D eigenvalue weighted by molar-refractivity contribution is 7.89. The zero-order valence-corrected chi connectivity index (χ0v) is 13.1. The van der Waals surface area contributed by atoms with E-state index in [9.17, 15) is 13.2 Å². The Morgan fingerprint density at radius 3 is 2.29 bits per heavy atom. The maximum atomic E-state index is 12.7. The minimum absolute atomic E-state index is 0.0886. The molecular weight excluding hydrogens is 290 g/mol. The van der Waals surface area contributed by atoms with E-state index >= 15 is 0 Å². The Morgan fingerprint density at radius 2 is 1.86 bits per heavy atom. The molecule has 21 heavy (non-hydrogen) atoms. The van der Waals surface area contributed by atoms with Gasteiger partial charge in [-0.25, -0.2) is 8.42 Å². The fraction of sp³-hybridized carbons (Fsp3) is 0.533. The van der Waals surface area contributed by atoms with Crippen LogP contribution in [-0.4, -0.2) is 36.4 Å². The summed E-state index contributed by atoms with van der Waals surface area (Å²) in [5.74, 6) is -0.448. The fourth-order valence-corrected chi connectivity index (χ4v) is 3.94. The highest BCUT2D eigenvalue weighted by atomic mass is 32.2. The van der Waals surface area contributed by atoms with Gasteiger partial charge in [-0.05, 0) is 50.3 Å². The molecule has 5 nitrogen and oxygen atoms in total. The van der Waals surface area contributed by atoms with Crippen LogP contribution in [0.15, 0.2) is 29.2 Å². The van der Waals surface area contributed by atoms with Crippen LogP contribution in [0.25, 0.3) is 0 Å². The minimum atomic E-state index is -3.51. The quantitative estimate of drug-likeness (QED) is 0.837. The van der Waals surface area contributed by atoms with E-state index < -0.39 is 16.0 Å². The highest BCUT2D eigenvalue weighted by Gasteiger charge is 2.33. The van der Waals surface area contributed by atoms with Crippen LogP contribution in [0, 0.1) is 5.92 Å². The zero-order valence-electron chi connectivity index (χ0n) is 12.3. The lowest BCUT2D eigenvalue weighted by Crippen LogP contribution is -2.38. The average molecular weight is 311 g/mol. The molecule has 0 aliphatic heterocycles. The Kier molecular flexibility index (Phi) is 4.68. The van der Waals surface area contributed by atoms with Crippen molar-refractivity contribution in [2.24, 2.45) is 5.92 Å². The van der Waals surface area contributed by atoms with E-state index in [1.54, 1.807) is 12.1 Å². The Bertz CT molecular complexity index is 603. The van der Waals surface area contributed by atoms with Gasteiger partial charge in [0, 0.05) is 12.6 Å². The Labute approximate surface area is 125 Å². The third-order valence-corrected chi connectivity index (χ3v) is 5.65. The van der Waals surface area contributed by atoms with Gasteiger partial charge in [-0.1, -0.05) is 12.1 Å². The summed E-state index contributed by atoms with van der Waals surface area (Å²) in [6, 6.07) is 6.04. The van der Waals surface area contributed by atoms with Crippen LogP contribution in [-0.2, 0) is 21.2 Å². The summed E-state index contributed by atoms with van der Waals surface area (Å²) >= 11 is 0. The fourth-order valence-electron chi connectivity index (χ4n) is 2.23. The topological polar surface area (TPSA) is 74.7 Å². The number of hydrogen-bond donors (Lipinski definition) is 1. The van der Waals surface area contributed by atoms with Crippen LogP contribution in [0.5, 0.6) is 0 Å². The molecule has 116 valence electrons. The Balaban J connectivity index is 2.22. The predicted molar refractivity (Wildman–Crippen MR) is 79.5 cm³/mol. The van der Waals surface area contributed by atoms with E-state index in [2.05, 4.69) is 0 Å². The van der Waals surface area contributed by atoms with Gasteiger partial charge in [0.1, 0.15) is 0 Å². The maximum Gasteiger partial charge on any atom is 0.307 e. The molecule has 1 aromatic carbocycles. The average Bonchev–Trinajstić information content (AvgIpc) is 3.19. The number of carboxylic acids is 1.